The number of nitrogens with zero attached hydrogens (tertiary/aromatic N) is 3. The SMILES string of the molecule is CN(C)CCNc1ncc(/C=C2\SC(=Nc3ccccc3)NC2=O)s1. The number of hydrogen-bond acceptors (Lipinski definition) is 7. The summed E-state index contributed by atoms with van der Waals surface area (Å²) in [7, 11) is 4.06. The molecule has 0 spiro atoms. The van der Waals surface area contributed by atoms with E-state index in [1.165, 1.54) is 23.1 Å². The summed E-state index contributed by atoms with van der Waals surface area (Å²) in [5.74, 6) is -0.129. The first-order valence-electron chi connectivity index (χ1n) is 7.79. The number of carbonyl (C=O) groups excluding carboxylic acids is 1. The topological polar surface area (TPSA) is 69.6 Å². The first-order valence-corrected chi connectivity index (χ1v) is 9.42. The van der Waals surface area contributed by atoms with Crippen LogP contribution < -0.4 is 10.6 Å². The Morgan fingerprint density at radius 3 is 2.88 bits per heavy atom. The summed E-state index contributed by atoms with van der Waals surface area (Å²) in [5.41, 5.74) is 0.816. The lowest BCUT2D eigenvalue weighted by Gasteiger charge is -2.08. The van der Waals surface area contributed by atoms with Crippen molar-refractivity contribution in [3.63, 3.8) is 0 Å². The fourth-order valence-electron chi connectivity index (χ4n) is 2.05. The van der Waals surface area contributed by atoms with Crippen molar-refractivity contribution < 1.29 is 4.79 Å². The highest BCUT2D eigenvalue weighted by molar-refractivity contribution is 8.18. The van der Waals surface area contributed by atoms with Gasteiger partial charge in [0.2, 0.25) is 0 Å². The Bertz CT molecular complexity index is 798. The van der Waals surface area contributed by atoms with Gasteiger partial charge in [-0.15, -0.1) is 0 Å². The van der Waals surface area contributed by atoms with E-state index in [2.05, 4.69) is 25.5 Å². The molecule has 2 N–H and O–H groups in total. The lowest BCUT2D eigenvalue weighted by Crippen LogP contribution is -2.20. The molecule has 8 heteroatoms. The zero-order valence-corrected chi connectivity index (χ0v) is 15.7. The van der Waals surface area contributed by atoms with E-state index >= 15 is 0 Å². The van der Waals surface area contributed by atoms with Crippen LogP contribution >= 0.6 is 23.1 Å². The van der Waals surface area contributed by atoms with E-state index in [4.69, 9.17) is 0 Å². The number of thiazole rings is 1. The average Bonchev–Trinajstić information content (AvgIpc) is 3.15. The number of rotatable bonds is 6. The first kappa shape index (κ1) is 17.7. The second kappa shape index (κ2) is 8.28. The van der Waals surface area contributed by atoms with E-state index in [1.54, 1.807) is 6.20 Å². The molecule has 1 aliphatic rings. The average molecular weight is 374 g/mol. The molecule has 6 nitrogen and oxygen atoms in total. The molecular weight excluding hydrogens is 354 g/mol. The zero-order valence-electron chi connectivity index (χ0n) is 14.0. The van der Waals surface area contributed by atoms with Crippen LogP contribution in [0.1, 0.15) is 4.88 Å². The highest BCUT2D eigenvalue weighted by Crippen LogP contribution is 2.30. The van der Waals surface area contributed by atoms with Gasteiger partial charge in [0.1, 0.15) is 0 Å². The third-order valence-corrected chi connectivity index (χ3v) is 5.08. The smallest absolute Gasteiger partial charge is 0.264 e. The Hall–Kier alpha value is -2.16. The third-order valence-electron chi connectivity index (χ3n) is 3.27. The van der Waals surface area contributed by atoms with Crippen LogP contribution in [0.3, 0.4) is 0 Å². The van der Waals surface area contributed by atoms with Gasteiger partial charge in [-0.3, -0.25) is 4.79 Å². The largest absolute Gasteiger partial charge is 0.360 e. The van der Waals surface area contributed by atoms with Gasteiger partial charge in [0.15, 0.2) is 10.3 Å². The monoisotopic (exact) mass is 373 g/mol. The van der Waals surface area contributed by atoms with Crippen molar-refractivity contribution in [2.75, 3.05) is 32.5 Å². The number of benzene rings is 1. The molecule has 0 radical (unpaired) electrons. The van der Waals surface area contributed by atoms with Crippen molar-refractivity contribution in [3.8, 4) is 0 Å². The molecule has 3 rings (SSSR count). The number of aliphatic imine (C=N–C) groups is 1. The molecule has 2 heterocycles. The van der Waals surface area contributed by atoms with Crippen LogP contribution in [0.25, 0.3) is 6.08 Å². The second-order valence-electron chi connectivity index (χ2n) is 5.62. The molecule has 0 bridgehead atoms. The highest BCUT2D eigenvalue weighted by Gasteiger charge is 2.24. The minimum atomic E-state index is -0.129. The van der Waals surface area contributed by atoms with Gasteiger partial charge in [0.05, 0.1) is 15.5 Å². The summed E-state index contributed by atoms with van der Waals surface area (Å²) in [6.07, 6.45) is 3.62. The number of likely N-dealkylation sites (N-methyl/N-ethyl adjacent to an activating group) is 1. The molecule has 1 aromatic heterocycles. The van der Waals surface area contributed by atoms with Crippen molar-refractivity contribution in [1.82, 2.24) is 15.2 Å². The Morgan fingerprint density at radius 2 is 2.12 bits per heavy atom. The molecule has 0 saturated carbocycles. The van der Waals surface area contributed by atoms with Crippen LogP contribution in [0, 0.1) is 0 Å². The molecule has 0 aliphatic carbocycles. The summed E-state index contributed by atoms with van der Waals surface area (Å²) in [6.45, 7) is 1.77. The van der Waals surface area contributed by atoms with Crippen LogP contribution in [0.4, 0.5) is 10.8 Å². The molecular formula is C17H19N5OS2. The van der Waals surface area contributed by atoms with Gasteiger partial charge in [0, 0.05) is 19.3 Å². The summed E-state index contributed by atoms with van der Waals surface area (Å²) < 4.78 is 0. The van der Waals surface area contributed by atoms with Gasteiger partial charge in [-0.05, 0) is 44.1 Å². The van der Waals surface area contributed by atoms with Gasteiger partial charge >= 0.3 is 0 Å². The number of amidine groups is 1. The Kier molecular flexibility index (Phi) is 5.85. The third kappa shape index (κ3) is 5.15. The fraction of sp³-hybridized carbons (Fsp3) is 0.235. The minimum Gasteiger partial charge on any atom is -0.360 e. The standard InChI is InChI=1S/C17H19N5OS2/c1-22(2)9-8-18-16-19-11-13(24-16)10-14-15(23)21-17(25-14)20-12-6-4-3-5-7-12/h3-7,10-11H,8-9H2,1-2H3,(H,18,19)(H,20,21,23)/b14-10-. The molecule has 1 amide bonds. The maximum absolute atomic E-state index is 12.1. The predicted molar refractivity (Wildman–Crippen MR) is 106 cm³/mol. The number of nitrogens with one attached hydrogen (secondary N) is 2. The number of hydrogen-bond donors (Lipinski definition) is 2. The summed E-state index contributed by atoms with van der Waals surface area (Å²) in [4.78, 5) is 24.6. The van der Waals surface area contributed by atoms with Gasteiger partial charge in [-0.1, -0.05) is 29.5 Å². The van der Waals surface area contributed by atoms with Gasteiger partial charge < -0.3 is 15.5 Å². The Balaban J connectivity index is 1.65. The molecule has 1 saturated heterocycles. The van der Waals surface area contributed by atoms with Crippen LogP contribution in [-0.4, -0.2) is 48.1 Å². The van der Waals surface area contributed by atoms with Gasteiger partial charge in [-0.2, -0.15) is 0 Å². The Morgan fingerprint density at radius 1 is 1.32 bits per heavy atom. The maximum Gasteiger partial charge on any atom is 0.264 e. The number of para-hydroxylation sites is 1. The summed E-state index contributed by atoms with van der Waals surface area (Å²) in [6, 6.07) is 9.56. The molecule has 1 aliphatic heterocycles. The normalized spacial score (nSPS) is 17.5. The van der Waals surface area contributed by atoms with Crippen molar-refractivity contribution in [2.45, 2.75) is 0 Å². The van der Waals surface area contributed by atoms with E-state index < -0.39 is 0 Å². The highest BCUT2D eigenvalue weighted by atomic mass is 32.2. The molecule has 1 fully saturated rings. The van der Waals surface area contributed by atoms with Crippen LogP contribution in [-0.2, 0) is 4.79 Å². The maximum atomic E-state index is 12.1. The quantitative estimate of drug-likeness (QED) is 0.762. The molecule has 25 heavy (non-hydrogen) atoms. The zero-order chi connectivity index (χ0) is 17.6. The van der Waals surface area contributed by atoms with E-state index in [9.17, 15) is 4.79 Å². The van der Waals surface area contributed by atoms with E-state index in [0.29, 0.717) is 10.1 Å². The van der Waals surface area contributed by atoms with Crippen LogP contribution in [0.5, 0.6) is 0 Å². The van der Waals surface area contributed by atoms with E-state index in [0.717, 1.165) is 28.8 Å². The molecule has 1 aromatic carbocycles. The van der Waals surface area contributed by atoms with Gasteiger partial charge in [0.25, 0.3) is 5.91 Å². The lowest BCUT2D eigenvalue weighted by molar-refractivity contribution is -0.115. The number of anilines is 1. The van der Waals surface area contributed by atoms with Crippen LogP contribution in [0.2, 0.25) is 0 Å². The second-order valence-corrected chi connectivity index (χ2v) is 7.71. The fourth-order valence-corrected chi connectivity index (χ4v) is 3.74. The van der Waals surface area contributed by atoms with Crippen molar-refractivity contribution >= 4 is 51.1 Å². The molecule has 0 unspecified atom stereocenters. The first-order chi connectivity index (χ1) is 12.1. The number of amides is 1. The molecule has 130 valence electrons. The van der Waals surface area contributed by atoms with Crippen molar-refractivity contribution in [2.24, 2.45) is 4.99 Å². The van der Waals surface area contributed by atoms with E-state index in [-0.39, 0.29) is 5.91 Å². The Labute approximate surface area is 155 Å². The minimum absolute atomic E-state index is 0.129. The van der Waals surface area contributed by atoms with Crippen molar-refractivity contribution in [1.29, 1.82) is 0 Å². The van der Waals surface area contributed by atoms with Crippen LogP contribution in [0.15, 0.2) is 46.4 Å². The van der Waals surface area contributed by atoms with Crippen molar-refractivity contribution in [3.05, 3.63) is 46.3 Å². The summed E-state index contributed by atoms with van der Waals surface area (Å²) >= 11 is 2.87. The lowest BCUT2D eigenvalue weighted by atomic mass is 10.3. The molecule has 2 aromatic rings. The number of carbonyl (C=O) groups is 1. The number of aromatic nitrogens is 1. The number of thioether (sulfide) groups is 1. The van der Waals surface area contributed by atoms with E-state index in [1.807, 2.05) is 50.5 Å². The predicted octanol–water partition coefficient (Wildman–Crippen LogP) is 3.01. The summed E-state index contributed by atoms with van der Waals surface area (Å²) in [5, 5.41) is 7.52. The molecule has 0 atom stereocenters. The van der Waals surface area contributed by atoms with Gasteiger partial charge in [-0.25, -0.2) is 9.98 Å².